The van der Waals surface area contributed by atoms with Crippen molar-refractivity contribution in [3.8, 4) is 0 Å². The summed E-state index contributed by atoms with van der Waals surface area (Å²) >= 11 is 0. The first-order chi connectivity index (χ1) is 7.86. The number of hydrogen-bond acceptors (Lipinski definition) is 2. The average molecular weight is 221 g/mol. The molecule has 90 valence electrons. The highest BCUT2D eigenvalue weighted by molar-refractivity contribution is 5.07. The van der Waals surface area contributed by atoms with Crippen molar-refractivity contribution in [2.45, 2.75) is 59.2 Å². The first-order valence-electron chi connectivity index (χ1n) is 6.66. The van der Waals surface area contributed by atoms with Gasteiger partial charge in [-0.05, 0) is 19.3 Å². The van der Waals surface area contributed by atoms with E-state index in [4.69, 9.17) is 0 Å². The monoisotopic (exact) mass is 221 g/mol. The van der Waals surface area contributed by atoms with Gasteiger partial charge in [0.2, 0.25) is 0 Å². The molecule has 1 aliphatic carbocycles. The van der Waals surface area contributed by atoms with E-state index in [1.54, 1.807) is 0 Å². The normalized spacial score (nSPS) is 19.9. The minimum absolute atomic E-state index is 0.880. The van der Waals surface area contributed by atoms with Crippen LogP contribution in [0.15, 0.2) is 6.20 Å². The number of aryl methyl sites for hydroxylation is 1. The molecule has 1 aromatic rings. The zero-order chi connectivity index (χ0) is 11.5. The molecule has 1 saturated carbocycles. The highest BCUT2D eigenvalue weighted by Crippen LogP contribution is 2.29. The van der Waals surface area contributed by atoms with Crippen LogP contribution in [0.1, 0.15) is 45.1 Å². The van der Waals surface area contributed by atoms with Crippen LogP contribution in [0.5, 0.6) is 0 Å². The van der Waals surface area contributed by atoms with Gasteiger partial charge in [-0.2, -0.15) is 0 Å². The van der Waals surface area contributed by atoms with E-state index in [0.717, 1.165) is 25.6 Å². The molecule has 2 heterocycles. The Morgan fingerprint density at radius 2 is 2.06 bits per heavy atom. The predicted molar refractivity (Wildman–Crippen MR) is 66.4 cm³/mol. The standard InChI is InChI=1S/C11H17N3.C2H6/c1-2-9-7-14-6-5-13(10-3-4-10)8-11(14)12-9;1-2/h7,10H,2-6,8H2,1H3;1-2H3. The van der Waals surface area contributed by atoms with Crippen LogP contribution in [0.2, 0.25) is 0 Å². The summed E-state index contributed by atoms with van der Waals surface area (Å²) in [4.78, 5) is 7.24. The summed E-state index contributed by atoms with van der Waals surface area (Å²) in [6.45, 7) is 9.60. The second-order valence-corrected chi connectivity index (χ2v) is 4.40. The molecule has 0 radical (unpaired) electrons. The van der Waals surface area contributed by atoms with Crippen molar-refractivity contribution in [3.05, 3.63) is 17.7 Å². The third-order valence-corrected chi connectivity index (χ3v) is 3.31. The van der Waals surface area contributed by atoms with Crippen LogP contribution in [0.3, 0.4) is 0 Å². The number of hydrogen-bond donors (Lipinski definition) is 0. The fourth-order valence-electron chi connectivity index (χ4n) is 2.25. The lowest BCUT2D eigenvalue weighted by Gasteiger charge is -2.27. The lowest BCUT2D eigenvalue weighted by molar-refractivity contribution is 0.207. The second kappa shape index (κ2) is 5.00. The number of fused-ring (bicyclic) bond motifs is 1. The third-order valence-electron chi connectivity index (χ3n) is 3.31. The van der Waals surface area contributed by atoms with Crippen LogP contribution in [0, 0.1) is 0 Å². The molecule has 0 bridgehead atoms. The van der Waals surface area contributed by atoms with Crippen LogP contribution >= 0.6 is 0 Å². The molecular formula is C13H23N3. The van der Waals surface area contributed by atoms with Gasteiger partial charge in [-0.25, -0.2) is 4.98 Å². The number of nitrogens with zero attached hydrogens (tertiary/aromatic N) is 3. The molecule has 3 heteroatoms. The zero-order valence-electron chi connectivity index (χ0n) is 10.7. The van der Waals surface area contributed by atoms with Gasteiger partial charge in [0.1, 0.15) is 5.82 Å². The molecule has 0 spiro atoms. The molecule has 2 aliphatic rings. The van der Waals surface area contributed by atoms with Crippen molar-refractivity contribution in [2.24, 2.45) is 0 Å². The van der Waals surface area contributed by atoms with Crippen LogP contribution in [-0.4, -0.2) is 27.0 Å². The summed E-state index contributed by atoms with van der Waals surface area (Å²) in [5, 5.41) is 0. The van der Waals surface area contributed by atoms with Gasteiger partial charge >= 0.3 is 0 Å². The van der Waals surface area contributed by atoms with Gasteiger partial charge in [0.05, 0.1) is 12.2 Å². The summed E-state index contributed by atoms with van der Waals surface area (Å²) in [5.74, 6) is 1.28. The first kappa shape index (κ1) is 11.6. The van der Waals surface area contributed by atoms with E-state index in [-0.39, 0.29) is 0 Å². The first-order valence-corrected chi connectivity index (χ1v) is 6.66. The van der Waals surface area contributed by atoms with Gasteiger partial charge in [-0.15, -0.1) is 0 Å². The number of aromatic nitrogens is 2. The molecule has 0 aromatic carbocycles. The van der Waals surface area contributed by atoms with Gasteiger partial charge in [0, 0.05) is 25.3 Å². The molecule has 1 fully saturated rings. The molecule has 0 amide bonds. The number of imidazole rings is 1. The van der Waals surface area contributed by atoms with Gasteiger partial charge in [-0.1, -0.05) is 20.8 Å². The Morgan fingerprint density at radius 1 is 1.31 bits per heavy atom. The third kappa shape index (κ3) is 2.29. The molecule has 3 rings (SSSR count). The summed E-state index contributed by atoms with van der Waals surface area (Å²) < 4.78 is 2.33. The Labute approximate surface area is 98.5 Å². The maximum Gasteiger partial charge on any atom is 0.123 e. The Balaban J connectivity index is 0.000000457. The van der Waals surface area contributed by atoms with Crippen molar-refractivity contribution >= 4 is 0 Å². The molecule has 16 heavy (non-hydrogen) atoms. The summed E-state index contributed by atoms with van der Waals surface area (Å²) in [5.41, 5.74) is 1.25. The van der Waals surface area contributed by atoms with E-state index in [0.29, 0.717) is 0 Å². The summed E-state index contributed by atoms with van der Waals surface area (Å²) in [6.07, 6.45) is 6.09. The van der Waals surface area contributed by atoms with Crippen molar-refractivity contribution in [1.29, 1.82) is 0 Å². The molecule has 3 nitrogen and oxygen atoms in total. The molecule has 1 aliphatic heterocycles. The quantitative estimate of drug-likeness (QED) is 0.765. The minimum atomic E-state index is 0.880. The Hall–Kier alpha value is -0.830. The molecular weight excluding hydrogens is 198 g/mol. The zero-order valence-corrected chi connectivity index (χ0v) is 10.7. The second-order valence-electron chi connectivity index (χ2n) is 4.40. The van der Waals surface area contributed by atoms with Crippen LogP contribution in [0.25, 0.3) is 0 Å². The van der Waals surface area contributed by atoms with Crippen LogP contribution in [-0.2, 0) is 19.5 Å². The van der Waals surface area contributed by atoms with Crippen molar-refractivity contribution in [3.63, 3.8) is 0 Å². The number of rotatable bonds is 2. The maximum absolute atomic E-state index is 4.65. The minimum Gasteiger partial charge on any atom is -0.332 e. The largest absolute Gasteiger partial charge is 0.332 e. The van der Waals surface area contributed by atoms with Gasteiger partial charge in [0.25, 0.3) is 0 Å². The smallest absolute Gasteiger partial charge is 0.123 e. The maximum atomic E-state index is 4.65. The summed E-state index contributed by atoms with van der Waals surface area (Å²) in [6, 6.07) is 0.880. The molecule has 0 atom stereocenters. The van der Waals surface area contributed by atoms with Crippen molar-refractivity contribution in [1.82, 2.24) is 14.5 Å². The van der Waals surface area contributed by atoms with Crippen LogP contribution in [0.4, 0.5) is 0 Å². The molecule has 0 N–H and O–H groups in total. The molecule has 1 aromatic heterocycles. The van der Waals surface area contributed by atoms with E-state index in [2.05, 4.69) is 27.6 Å². The average Bonchev–Trinajstić information content (AvgIpc) is 3.10. The topological polar surface area (TPSA) is 21.1 Å². The van der Waals surface area contributed by atoms with E-state index < -0.39 is 0 Å². The van der Waals surface area contributed by atoms with Crippen LogP contribution < -0.4 is 0 Å². The molecule has 0 saturated heterocycles. The lowest BCUT2D eigenvalue weighted by atomic mass is 10.3. The fraction of sp³-hybridized carbons (Fsp3) is 0.769. The molecule has 0 unspecified atom stereocenters. The van der Waals surface area contributed by atoms with Gasteiger partial charge in [0.15, 0.2) is 0 Å². The van der Waals surface area contributed by atoms with Crippen molar-refractivity contribution < 1.29 is 0 Å². The highest BCUT2D eigenvalue weighted by atomic mass is 15.3. The van der Waals surface area contributed by atoms with E-state index in [1.165, 1.54) is 30.9 Å². The Morgan fingerprint density at radius 3 is 2.69 bits per heavy atom. The summed E-state index contributed by atoms with van der Waals surface area (Å²) in [7, 11) is 0. The van der Waals surface area contributed by atoms with E-state index in [9.17, 15) is 0 Å². The van der Waals surface area contributed by atoms with Gasteiger partial charge in [-0.3, -0.25) is 4.90 Å². The lowest BCUT2D eigenvalue weighted by Crippen LogP contribution is -2.35. The van der Waals surface area contributed by atoms with Gasteiger partial charge < -0.3 is 4.57 Å². The van der Waals surface area contributed by atoms with E-state index in [1.807, 2.05) is 13.8 Å². The predicted octanol–water partition coefficient (Wildman–Crippen LogP) is 2.45. The van der Waals surface area contributed by atoms with Crippen molar-refractivity contribution in [2.75, 3.05) is 6.54 Å². The fourth-order valence-corrected chi connectivity index (χ4v) is 2.25. The Kier molecular flexibility index (Phi) is 3.64. The van der Waals surface area contributed by atoms with E-state index >= 15 is 0 Å². The highest BCUT2D eigenvalue weighted by Gasteiger charge is 2.31. The Bertz CT molecular complexity index is 339. The SMILES string of the molecule is CC.CCc1cn2c(n1)CN(C1CC1)CC2.